The van der Waals surface area contributed by atoms with Gasteiger partial charge in [0.15, 0.2) is 0 Å². The number of aliphatic hydroxyl groups excluding tert-OH is 2. The summed E-state index contributed by atoms with van der Waals surface area (Å²) in [4.78, 5) is 17.1. The van der Waals surface area contributed by atoms with Crippen molar-refractivity contribution >= 4 is 5.91 Å². The molecule has 1 atom stereocenters. The summed E-state index contributed by atoms with van der Waals surface area (Å²) in [6.07, 6.45) is 8.08. The molecule has 0 spiro atoms. The molecular formula is C16H30N2O3. The number of rotatable bonds is 5. The molecule has 0 aromatic rings. The average molecular weight is 298 g/mol. The molecule has 122 valence electrons. The van der Waals surface area contributed by atoms with Crippen molar-refractivity contribution in [2.45, 2.75) is 63.0 Å². The van der Waals surface area contributed by atoms with Gasteiger partial charge in [-0.15, -0.1) is 0 Å². The molecule has 2 N–H and O–H groups in total. The molecule has 1 aliphatic carbocycles. The number of hydrogen-bond acceptors (Lipinski definition) is 4. The van der Waals surface area contributed by atoms with Crippen molar-refractivity contribution < 1.29 is 15.0 Å². The van der Waals surface area contributed by atoms with Gasteiger partial charge in [0.1, 0.15) is 5.54 Å². The van der Waals surface area contributed by atoms with Crippen LogP contribution in [0.3, 0.4) is 0 Å². The Morgan fingerprint density at radius 1 is 1.14 bits per heavy atom. The largest absolute Gasteiger partial charge is 0.394 e. The number of likely N-dealkylation sites (N-methyl/N-ethyl adjacent to an activating group) is 1. The molecule has 0 bridgehead atoms. The van der Waals surface area contributed by atoms with E-state index in [2.05, 4.69) is 4.90 Å². The lowest BCUT2D eigenvalue weighted by atomic mass is 9.78. The van der Waals surface area contributed by atoms with Crippen molar-refractivity contribution in [2.24, 2.45) is 0 Å². The summed E-state index contributed by atoms with van der Waals surface area (Å²) in [7, 11) is 1.75. The summed E-state index contributed by atoms with van der Waals surface area (Å²) < 4.78 is 0. The lowest BCUT2D eigenvalue weighted by Crippen LogP contribution is -2.61. The van der Waals surface area contributed by atoms with Gasteiger partial charge in [-0.25, -0.2) is 0 Å². The highest BCUT2D eigenvalue weighted by molar-refractivity contribution is 5.86. The van der Waals surface area contributed by atoms with Gasteiger partial charge in [0.2, 0.25) is 5.91 Å². The molecule has 1 aliphatic heterocycles. The molecule has 5 nitrogen and oxygen atoms in total. The predicted octanol–water partition coefficient (Wildman–Crippen LogP) is 0.987. The molecule has 0 radical (unpaired) electrons. The predicted molar refractivity (Wildman–Crippen MR) is 82.0 cm³/mol. The van der Waals surface area contributed by atoms with E-state index >= 15 is 0 Å². The Hall–Kier alpha value is -0.650. The van der Waals surface area contributed by atoms with Crippen molar-refractivity contribution in [3.8, 4) is 0 Å². The minimum absolute atomic E-state index is 0.136. The molecule has 0 aromatic carbocycles. The van der Waals surface area contributed by atoms with Crippen LogP contribution in [0.2, 0.25) is 0 Å². The fraction of sp³-hybridized carbons (Fsp3) is 0.938. The van der Waals surface area contributed by atoms with Gasteiger partial charge in [0.25, 0.3) is 0 Å². The summed E-state index contributed by atoms with van der Waals surface area (Å²) in [5, 5.41) is 18.6. The second kappa shape index (κ2) is 7.56. The van der Waals surface area contributed by atoms with Crippen LogP contribution in [0, 0.1) is 0 Å². The van der Waals surface area contributed by atoms with Crippen LogP contribution in [0.1, 0.15) is 51.4 Å². The van der Waals surface area contributed by atoms with Crippen LogP contribution >= 0.6 is 0 Å². The summed E-state index contributed by atoms with van der Waals surface area (Å²) >= 11 is 0. The van der Waals surface area contributed by atoms with Gasteiger partial charge < -0.3 is 15.1 Å². The maximum absolute atomic E-state index is 13.1. The topological polar surface area (TPSA) is 64.0 Å². The number of carbonyl (C=O) groups excluding carboxylic acids is 1. The van der Waals surface area contributed by atoms with E-state index in [-0.39, 0.29) is 24.6 Å². The fourth-order valence-electron chi connectivity index (χ4n) is 3.94. The molecule has 1 amide bonds. The standard InChI is InChI=1S/C16H30N2O3/c1-17(12-14(20)13-19)15(21)16(8-4-2-5-9-16)18-10-6-3-7-11-18/h14,19-20H,2-13H2,1H3. The lowest BCUT2D eigenvalue weighted by Gasteiger charge is -2.48. The minimum Gasteiger partial charge on any atom is -0.394 e. The minimum atomic E-state index is -0.846. The number of nitrogens with zero attached hydrogens (tertiary/aromatic N) is 2. The van der Waals surface area contributed by atoms with Gasteiger partial charge in [-0.05, 0) is 38.8 Å². The van der Waals surface area contributed by atoms with Crippen LogP contribution in [0.5, 0.6) is 0 Å². The Morgan fingerprint density at radius 2 is 1.71 bits per heavy atom. The molecule has 0 aromatic heterocycles. The second-order valence-corrected chi connectivity index (χ2v) is 6.66. The molecule has 2 rings (SSSR count). The van der Waals surface area contributed by atoms with Gasteiger partial charge in [-0.3, -0.25) is 9.69 Å². The maximum atomic E-state index is 13.1. The first kappa shape index (κ1) is 16.7. The molecule has 1 saturated heterocycles. The third-order valence-corrected chi connectivity index (χ3v) is 5.08. The zero-order valence-corrected chi connectivity index (χ0v) is 13.3. The first-order valence-electron chi connectivity index (χ1n) is 8.40. The van der Waals surface area contributed by atoms with Crippen molar-refractivity contribution in [3.05, 3.63) is 0 Å². The summed E-state index contributed by atoms with van der Waals surface area (Å²) in [6, 6.07) is 0. The van der Waals surface area contributed by atoms with Crippen molar-refractivity contribution in [1.29, 1.82) is 0 Å². The number of piperidine rings is 1. The molecule has 1 saturated carbocycles. The van der Waals surface area contributed by atoms with Gasteiger partial charge >= 0.3 is 0 Å². The van der Waals surface area contributed by atoms with E-state index in [1.165, 1.54) is 25.7 Å². The highest BCUT2D eigenvalue weighted by Gasteiger charge is 2.46. The first-order chi connectivity index (χ1) is 10.1. The molecule has 1 unspecified atom stereocenters. The van der Waals surface area contributed by atoms with Crippen LogP contribution < -0.4 is 0 Å². The number of likely N-dealkylation sites (tertiary alicyclic amines) is 1. The van der Waals surface area contributed by atoms with E-state index in [1.807, 2.05) is 0 Å². The normalized spacial score (nSPS) is 24.5. The van der Waals surface area contributed by atoms with E-state index in [9.17, 15) is 9.90 Å². The zero-order chi connectivity index (χ0) is 15.3. The number of carbonyl (C=O) groups is 1. The fourth-order valence-corrected chi connectivity index (χ4v) is 3.94. The SMILES string of the molecule is CN(CC(O)CO)C(=O)C1(N2CCCCC2)CCCCC1. The van der Waals surface area contributed by atoms with Crippen LogP contribution in [-0.4, -0.2) is 70.9 Å². The van der Waals surface area contributed by atoms with E-state index in [0.717, 1.165) is 38.8 Å². The maximum Gasteiger partial charge on any atom is 0.242 e. The van der Waals surface area contributed by atoms with Crippen LogP contribution in [0.4, 0.5) is 0 Å². The van der Waals surface area contributed by atoms with Gasteiger partial charge in [-0.2, -0.15) is 0 Å². The van der Waals surface area contributed by atoms with Crippen LogP contribution in [0.25, 0.3) is 0 Å². The zero-order valence-electron chi connectivity index (χ0n) is 13.3. The number of aliphatic hydroxyl groups is 2. The molecule has 5 heteroatoms. The monoisotopic (exact) mass is 298 g/mol. The smallest absolute Gasteiger partial charge is 0.242 e. The highest BCUT2D eigenvalue weighted by atomic mass is 16.3. The van der Waals surface area contributed by atoms with Gasteiger partial charge in [0.05, 0.1) is 12.7 Å². The van der Waals surface area contributed by atoms with E-state index in [1.54, 1.807) is 11.9 Å². The molecule has 1 heterocycles. The van der Waals surface area contributed by atoms with Crippen molar-refractivity contribution in [3.63, 3.8) is 0 Å². The Kier molecular flexibility index (Phi) is 6.02. The Bertz CT molecular complexity index is 336. The number of hydrogen-bond donors (Lipinski definition) is 2. The van der Waals surface area contributed by atoms with E-state index in [4.69, 9.17) is 5.11 Å². The van der Waals surface area contributed by atoms with Gasteiger partial charge in [-0.1, -0.05) is 25.7 Å². The Labute approximate surface area is 127 Å². The third-order valence-electron chi connectivity index (χ3n) is 5.08. The highest BCUT2D eigenvalue weighted by Crippen LogP contribution is 2.37. The summed E-state index contributed by atoms with van der Waals surface area (Å²) in [5.41, 5.74) is -0.359. The van der Waals surface area contributed by atoms with Crippen LogP contribution in [0.15, 0.2) is 0 Å². The van der Waals surface area contributed by atoms with E-state index in [0.29, 0.717) is 0 Å². The summed E-state index contributed by atoms with van der Waals surface area (Å²) in [5.74, 6) is 0.136. The number of amides is 1. The first-order valence-corrected chi connectivity index (χ1v) is 8.40. The van der Waals surface area contributed by atoms with Crippen molar-refractivity contribution in [2.75, 3.05) is 33.3 Å². The molecule has 2 aliphatic rings. The van der Waals surface area contributed by atoms with E-state index < -0.39 is 6.10 Å². The van der Waals surface area contributed by atoms with Gasteiger partial charge in [0, 0.05) is 13.6 Å². The third kappa shape index (κ3) is 3.76. The van der Waals surface area contributed by atoms with Crippen LogP contribution in [-0.2, 0) is 4.79 Å². The Balaban J connectivity index is 2.12. The quantitative estimate of drug-likeness (QED) is 0.794. The average Bonchev–Trinajstić information content (AvgIpc) is 2.55. The second-order valence-electron chi connectivity index (χ2n) is 6.66. The van der Waals surface area contributed by atoms with Crippen molar-refractivity contribution in [1.82, 2.24) is 9.80 Å². The summed E-state index contributed by atoms with van der Waals surface area (Å²) in [6.45, 7) is 1.95. The lowest BCUT2D eigenvalue weighted by molar-refractivity contribution is -0.148. The molecule has 2 fully saturated rings. The molecule has 21 heavy (non-hydrogen) atoms. The Morgan fingerprint density at radius 3 is 2.29 bits per heavy atom. The molecular weight excluding hydrogens is 268 g/mol.